The van der Waals surface area contributed by atoms with Gasteiger partial charge in [0, 0.05) is 12.7 Å². The Morgan fingerprint density at radius 2 is 1.41 bits per heavy atom. The summed E-state index contributed by atoms with van der Waals surface area (Å²) in [5.74, 6) is 0. The van der Waals surface area contributed by atoms with Gasteiger partial charge in [0.15, 0.2) is 0 Å². The predicted molar refractivity (Wildman–Crippen MR) is 61.2 cm³/mol. The van der Waals surface area contributed by atoms with Crippen LogP contribution in [0.25, 0.3) is 0 Å². The van der Waals surface area contributed by atoms with E-state index >= 15 is 0 Å². The van der Waals surface area contributed by atoms with Crippen molar-refractivity contribution in [2.24, 2.45) is 0 Å². The van der Waals surface area contributed by atoms with Gasteiger partial charge in [-0.1, -0.05) is 0 Å². The molecule has 1 aliphatic rings. The molecule has 0 unspecified atom stereocenters. The summed E-state index contributed by atoms with van der Waals surface area (Å²) in [6.07, 6.45) is 0.981. The van der Waals surface area contributed by atoms with Crippen LogP contribution in [0.3, 0.4) is 0 Å². The summed E-state index contributed by atoms with van der Waals surface area (Å²) in [6.45, 7) is 1.24. The molecule has 1 rings (SSSR count). The first-order valence-corrected chi connectivity index (χ1v) is 10.8. The minimum absolute atomic E-state index is 0.0587. The Morgan fingerprint density at radius 3 is 1.76 bits per heavy atom. The Hall–Kier alpha value is 0.01000. The number of hydrogen-bond acceptors (Lipinski definition) is 6. The lowest BCUT2D eigenvalue weighted by atomic mass is 10.4. The fourth-order valence-corrected chi connectivity index (χ4v) is 7.58. The molecular weight excluding hydrogens is 293 g/mol. The normalized spacial score (nSPS) is 19.6. The van der Waals surface area contributed by atoms with Crippen LogP contribution in [0.15, 0.2) is 0 Å². The molecule has 0 atom stereocenters. The SMILES string of the molecule is O=P(CCN1CCCC1)(S(=O)(=O)O)S(=O)(=O)O. The summed E-state index contributed by atoms with van der Waals surface area (Å²) in [5.41, 5.74) is -5.13. The lowest BCUT2D eigenvalue weighted by Crippen LogP contribution is -2.25. The molecule has 1 saturated heterocycles. The maximum Gasteiger partial charge on any atom is 0.358 e. The van der Waals surface area contributed by atoms with Crippen molar-refractivity contribution in [1.82, 2.24) is 4.90 Å². The maximum absolute atomic E-state index is 11.7. The second-order valence-corrected chi connectivity index (χ2v) is 14.2. The third kappa shape index (κ3) is 3.27. The van der Waals surface area contributed by atoms with Crippen molar-refractivity contribution in [3.8, 4) is 0 Å². The molecule has 0 saturated carbocycles. The molecule has 11 heteroatoms. The van der Waals surface area contributed by atoms with Crippen LogP contribution in [0.4, 0.5) is 0 Å². The van der Waals surface area contributed by atoms with E-state index in [9.17, 15) is 21.4 Å². The first kappa shape index (κ1) is 15.1. The second kappa shape index (κ2) is 4.94. The van der Waals surface area contributed by atoms with Crippen molar-refractivity contribution in [2.45, 2.75) is 12.8 Å². The lowest BCUT2D eigenvalue weighted by molar-refractivity contribution is 0.359. The van der Waals surface area contributed by atoms with E-state index < -0.39 is 31.2 Å². The molecule has 0 aliphatic carbocycles. The Balaban J connectivity index is 2.91. The van der Waals surface area contributed by atoms with Crippen LogP contribution < -0.4 is 0 Å². The molecule has 8 nitrogen and oxygen atoms in total. The number of nitrogens with zero attached hydrogens (tertiary/aromatic N) is 1. The largest absolute Gasteiger partial charge is 0.358 e. The molecule has 1 heterocycles. The average molecular weight is 307 g/mol. The summed E-state index contributed by atoms with van der Waals surface area (Å²) in [4.78, 5) is 1.73. The van der Waals surface area contributed by atoms with Crippen LogP contribution in [-0.2, 0) is 24.0 Å². The van der Waals surface area contributed by atoms with E-state index in [2.05, 4.69) is 0 Å². The Kier molecular flexibility index (Phi) is 4.38. The molecule has 0 radical (unpaired) electrons. The van der Waals surface area contributed by atoms with E-state index in [0.717, 1.165) is 12.8 Å². The van der Waals surface area contributed by atoms with Crippen LogP contribution in [0, 0.1) is 0 Å². The van der Waals surface area contributed by atoms with Gasteiger partial charge in [-0.15, -0.1) is 0 Å². The van der Waals surface area contributed by atoms with Crippen LogP contribution in [0.1, 0.15) is 12.8 Å². The molecule has 0 aromatic rings. The van der Waals surface area contributed by atoms with Gasteiger partial charge in [-0.3, -0.25) is 13.7 Å². The summed E-state index contributed by atoms with van der Waals surface area (Å²) in [7, 11) is -10.6. The number of rotatable bonds is 5. The summed E-state index contributed by atoms with van der Waals surface area (Å²) in [6, 6.07) is 0. The van der Waals surface area contributed by atoms with Crippen molar-refractivity contribution in [3.63, 3.8) is 0 Å². The van der Waals surface area contributed by atoms with Crippen molar-refractivity contribution < 1.29 is 30.5 Å². The van der Waals surface area contributed by atoms with Gasteiger partial charge >= 0.3 is 25.0 Å². The van der Waals surface area contributed by atoms with Gasteiger partial charge in [-0.05, 0) is 25.9 Å². The second-order valence-electron chi connectivity index (χ2n) is 3.78. The molecule has 17 heavy (non-hydrogen) atoms. The van der Waals surface area contributed by atoms with Gasteiger partial charge in [-0.2, -0.15) is 16.8 Å². The number of likely N-dealkylation sites (tertiary alicyclic amines) is 1. The predicted octanol–water partition coefficient (Wildman–Crippen LogP) is 0.0509. The van der Waals surface area contributed by atoms with Crippen LogP contribution in [0.5, 0.6) is 0 Å². The minimum Gasteiger partial charge on any atom is -0.303 e. The third-order valence-electron chi connectivity index (χ3n) is 2.59. The molecule has 0 bridgehead atoms. The Labute approximate surface area is 99.4 Å². The number of hydrogen-bond donors (Lipinski definition) is 2. The molecule has 1 aliphatic heterocycles. The van der Waals surface area contributed by atoms with E-state index in [0.29, 0.717) is 13.1 Å². The van der Waals surface area contributed by atoms with Crippen LogP contribution in [-0.4, -0.2) is 56.6 Å². The molecule has 0 amide bonds. The standard InChI is InChI=1S/C6H14NO7PS2/c8-15(16(9,10)11,17(12,13)14)6-5-7-3-1-2-4-7/h1-6H2,(H,9,10,11)(H,12,13,14). The van der Waals surface area contributed by atoms with E-state index in [1.54, 1.807) is 4.90 Å². The third-order valence-corrected chi connectivity index (χ3v) is 13.5. The van der Waals surface area contributed by atoms with Crippen LogP contribution in [0.2, 0.25) is 0 Å². The van der Waals surface area contributed by atoms with Gasteiger partial charge in [0.1, 0.15) is 0 Å². The minimum atomic E-state index is -5.32. The summed E-state index contributed by atoms with van der Waals surface area (Å²) in [5, 5.41) is 0. The lowest BCUT2D eigenvalue weighted by Gasteiger charge is -2.17. The smallest absolute Gasteiger partial charge is 0.303 e. The fourth-order valence-electron chi connectivity index (χ4n) is 1.62. The Morgan fingerprint density at radius 1 is 1.00 bits per heavy atom. The molecular formula is C6H14NO7PS2. The molecule has 2 N–H and O–H groups in total. The molecule has 0 spiro atoms. The molecule has 1 fully saturated rings. The van der Waals surface area contributed by atoms with E-state index in [-0.39, 0.29) is 6.54 Å². The monoisotopic (exact) mass is 307 g/mol. The first-order valence-electron chi connectivity index (χ1n) is 4.84. The highest BCUT2D eigenvalue weighted by atomic mass is 33.1. The summed E-state index contributed by atoms with van der Waals surface area (Å²) < 4.78 is 72.5. The zero-order valence-corrected chi connectivity index (χ0v) is 11.4. The summed E-state index contributed by atoms with van der Waals surface area (Å²) >= 11 is 0. The highest BCUT2D eigenvalue weighted by Gasteiger charge is 2.49. The highest BCUT2D eigenvalue weighted by molar-refractivity contribution is 8.82. The van der Waals surface area contributed by atoms with Crippen molar-refractivity contribution in [3.05, 3.63) is 0 Å². The molecule has 0 aromatic carbocycles. The van der Waals surface area contributed by atoms with Gasteiger partial charge in [0.25, 0.3) is 0 Å². The highest BCUT2D eigenvalue weighted by Crippen LogP contribution is 2.56. The average Bonchev–Trinajstić information content (AvgIpc) is 2.62. The quantitative estimate of drug-likeness (QED) is 0.538. The topological polar surface area (TPSA) is 129 Å². The van der Waals surface area contributed by atoms with Gasteiger partial charge in [0.2, 0.25) is 0 Å². The van der Waals surface area contributed by atoms with Gasteiger partial charge in [-0.25, -0.2) is 0 Å². The molecule has 0 aromatic heterocycles. The fraction of sp³-hybridized carbons (Fsp3) is 1.00. The van der Waals surface area contributed by atoms with Crippen molar-refractivity contribution >= 4 is 25.0 Å². The first-order chi connectivity index (χ1) is 7.58. The maximum atomic E-state index is 11.7. The van der Waals surface area contributed by atoms with Crippen molar-refractivity contribution in [2.75, 3.05) is 25.8 Å². The van der Waals surface area contributed by atoms with E-state index in [4.69, 9.17) is 9.11 Å². The van der Waals surface area contributed by atoms with Crippen molar-refractivity contribution in [1.29, 1.82) is 0 Å². The Bertz CT molecular complexity index is 483. The van der Waals surface area contributed by atoms with Gasteiger partial charge in [0.05, 0.1) is 0 Å². The van der Waals surface area contributed by atoms with E-state index in [1.165, 1.54) is 0 Å². The van der Waals surface area contributed by atoms with Gasteiger partial charge < -0.3 is 4.90 Å². The zero-order valence-electron chi connectivity index (χ0n) is 8.89. The zero-order chi connectivity index (χ0) is 13.3. The molecule has 102 valence electrons. The van der Waals surface area contributed by atoms with E-state index in [1.807, 2.05) is 0 Å². The van der Waals surface area contributed by atoms with Crippen LogP contribution >= 0.6 is 5.55 Å².